The molecule has 0 radical (unpaired) electrons. The predicted octanol–water partition coefficient (Wildman–Crippen LogP) is 3.23. The molecule has 2 nitrogen and oxygen atoms in total. The maximum Gasteiger partial charge on any atom is 0.0398 e. The van der Waals surface area contributed by atoms with Crippen molar-refractivity contribution in [2.75, 3.05) is 26.2 Å². The summed E-state index contributed by atoms with van der Waals surface area (Å²) in [6.07, 6.45) is 14.6. The first-order valence-corrected chi connectivity index (χ1v) is 9.32. The fourth-order valence-electron chi connectivity index (χ4n) is 3.63. The summed E-state index contributed by atoms with van der Waals surface area (Å²) in [6, 6.07) is 0.637. The molecule has 21 heavy (non-hydrogen) atoms. The molecule has 2 aliphatic carbocycles. The molecule has 1 fully saturated rings. The monoisotopic (exact) mass is 304 g/mol. The maximum atomic E-state index is 3.47. The number of nitrogens with one attached hydrogen (secondary N) is 1. The number of thioether (sulfide) groups is 1. The van der Waals surface area contributed by atoms with Gasteiger partial charge in [-0.05, 0) is 25.7 Å². The number of rotatable bonds is 3. The molecular weight excluding hydrogens is 276 g/mol. The summed E-state index contributed by atoms with van der Waals surface area (Å²) in [6.45, 7) is 9.25. The third-order valence-corrected chi connectivity index (χ3v) is 6.59. The molecule has 0 saturated carbocycles. The molecule has 3 heteroatoms. The van der Waals surface area contributed by atoms with Crippen molar-refractivity contribution in [2.45, 2.75) is 43.2 Å². The Bertz CT molecular complexity index is 434. The highest BCUT2D eigenvalue weighted by Crippen LogP contribution is 2.36. The molecule has 4 unspecified atom stereocenters. The van der Waals surface area contributed by atoms with E-state index in [9.17, 15) is 0 Å². The lowest BCUT2D eigenvalue weighted by molar-refractivity contribution is 0.193. The number of hydrogen-bond donors (Lipinski definition) is 1. The molecule has 1 N–H and O–H groups in total. The Hall–Kier alpha value is -0.510. The van der Waals surface area contributed by atoms with Gasteiger partial charge in [-0.3, -0.25) is 4.90 Å². The zero-order valence-corrected chi connectivity index (χ0v) is 14.1. The SMILES string of the molecule is CC1=CC(C)C(SC2CCC=CC2N2CCNCC2)C=C1. The van der Waals surface area contributed by atoms with Crippen LogP contribution in [0.5, 0.6) is 0 Å². The summed E-state index contributed by atoms with van der Waals surface area (Å²) in [5.74, 6) is 0.662. The predicted molar refractivity (Wildman–Crippen MR) is 93.8 cm³/mol. The van der Waals surface area contributed by atoms with E-state index in [4.69, 9.17) is 0 Å². The number of allylic oxidation sites excluding steroid dienone is 4. The van der Waals surface area contributed by atoms with Crippen LogP contribution in [0.25, 0.3) is 0 Å². The van der Waals surface area contributed by atoms with Gasteiger partial charge in [0, 0.05) is 42.7 Å². The quantitative estimate of drug-likeness (QED) is 0.806. The van der Waals surface area contributed by atoms with Crippen LogP contribution in [-0.4, -0.2) is 47.6 Å². The zero-order valence-electron chi connectivity index (χ0n) is 13.3. The van der Waals surface area contributed by atoms with Crippen molar-refractivity contribution < 1.29 is 0 Å². The maximum absolute atomic E-state index is 3.47. The van der Waals surface area contributed by atoms with E-state index >= 15 is 0 Å². The summed E-state index contributed by atoms with van der Waals surface area (Å²) in [5.41, 5.74) is 1.42. The first kappa shape index (κ1) is 15.4. The third-order valence-electron chi connectivity index (χ3n) is 4.83. The average Bonchev–Trinajstić information content (AvgIpc) is 2.51. The van der Waals surface area contributed by atoms with Gasteiger partial charge in [-0.25, -0.2) is 0 Å². The topological polar surface area (TPSA) is 15.3 Å². The second-order valence-electron chi connectivity index (χ2n) is 6.55. The summed E-state index contributed by atoms with van der Waals surface area (Å²) >= 11 is 2.21. The van der Waals surface area contributed by atoms with Crippen molar-refractivity contribution in [2.24, 2.45) is 5.92 Å². The van der Waals surface area contributed by atoms with Gasteiger partial charge in [0.05, 0.1) is 0 Å². The number of piperazine rings is 1. The Kier molecular flexibility index (Phi) is 5.25. The van der Waals surface area contributed by atoms with Gasteiger partial charge in [-0.1, -0.05) is 42.9 Å². The van der Waals surface area contributed by atoms with Gasteiger partial charge in [0.1, 0.15) is 0 Å². The van der Waals surface area contributed by atoms with E-state index in [2.05, 4.69) is 66.2 Å². The summed E-state index contributed by atoms with van der Waals surface area (Å²) in [4.78, 5) is 2.68. The van der Waals surface area contributed by atoms with E-state index in [0.29, 0.717) is 17.2 Å². The molecule has 3 rings (SSSR count). The van der Waals surface area contributed by atoms with Gasteiger partial charge in [0.25, 0.3) is 0 Å². The third kappa shape index (κ3) is 3.82. The first-order chi connectivity index (χ1) is 10.2. The van der Waals surface area contributed by atoms with Gasteiger partial charge >= 0.3 is 0 Å². The molecule has 0 aromatic carbocycles. The minimum absolute atomic E-state index is 0.637. The van der Waals surface area contributed by atoms with Crippen LogP contribution >= 0.6 is 11.8 Å². The summed E-state index contributed by atoms with van der Waals surface area (Å²) in [7, 11) is 0. The van der Waals surface area contributed by atoms with Crippen LogP contribution in [0.2, 0.25) is 0 Å². The van der Waals surface area contributed by atoms with E-state index in [0.717, 1.165) is 18.3 Å². The number of hydrogen-bond acceptors (Lipinski definition) is 3. The van der Waals surface area contributed by atoms with Gasteiger partial charge in [-0.2, -0.15) is 0 Å². The molecule has 1 aliphatic heterocycles. The molecule has 0 spiro atoms. The van der Waals surface area contributed by atoms with E-state index in [1.807, 2.05) is 0 Å². The lowest BCUT2D eigenvalue weighted by Crippen LogP contribution is -2.51. The molecule has 116 valence electrons. The highest BCUT2D eigenvalue weighted by Gasteiger charge is 2.31. The molecular formula is C18H28N2S. The molecule has 0 aromatic heterocycles. The lowest BCUT2D eigenvalue weighted by Gasteiger charge is -2.40. The Morgan fingerprint density at radius 1 is 1.24 bits per heavy atom. The average molecular weight is 305 g/mol. The molecule has 3 aliphatic rings. The van der Waals surface area contributed by atoms with Crippen LogP contribution in [0.4, 0.5) is 0 Å². The van der Waals surface area contributed by atoms with Crippen LogP contribution < -0.4 is 5.32 Å². The van der Waals surface area contributed by atoms with Gasteiger partial charge in [0.2, 0.25) is 0 Å². The van der Waals surface area contributed by atoms with Crippen molar-refractivity contribution >= 4 is 11.8 Å². The van der Waals surface area contributed by atoms with Crippen LogP contribution in [0.3, 0.4) is 0 Å². The summed E-state index contributed by atoms with van der Waals surface area (Å²) in [5, 5.41) is 4.87. The standard InChI is InChI=1S/C18H28N2S/c1-14-7-8-17(15(2)13-14)21-18-6-4-3-5-16(18)20-11-9-19-10-12-20/h3,5,7-8,13,15-19H,4,6,9-12H2,1-2H3. The van der Waals surface area contributed by atoms with Crippen LogP contribution in [-0.2, 0) is 0 Å². The first-order valence-electron chi connectivity index (χ1n) is 8.37. The van der Waals surface area contributed by atoms with Crippen molar-refractivity contribution in [3.8, 4) is 0 Å². The van der Waals surface area contributed by atoms with Gasteiger partial charge < -0.3 is 5.32 Å². The highest BCUT2D eigenvalue weighted by atomic mass is 32.2. The Labute approximate surface area is 133 Å². The number of nitrogens with zero attached hydrogens (tertiary/aromatic N) is 1. The minimum atomic E-state index is 0.637. The van der Waals surface area contributed by atoms with E-state index < -0.39 is 0 Å². The molecule has 4 atom stereocenters. The van der Waals surface area contributed by atoms with Crippen molar-refractivity contribution in [1.82, 2.24) is 10.2 Å². The van der Waals surface area contributed by atoms with Crippen molar-refractivity contribution in [3.63, 3.8) is 0 Å². The van der Waals surface area contributed by atoms with Crippen molar-refractivity contribution in [1.29, 1.82) is 0 Å². The van der Waals surface area contributed by atoms with Gasteiger partial charge in [-0.15, -0.1) is 11.8 Å². The van der Waals surface area contributed by atoms with Crippen molar-refractivity contribution in [3.05, 3.63) is 36.0 Å². The van der Waals surface area contributed by atoms with E-state index in [1.165, 1.54) is 31.5 Å². The molecule has 1 heterocycles. The fraction of sp³-hybridized carbons (Fsp3) is 0.667. The Morgan fingerprint density at radius 2 is 2.05 bits per heavy atom. The van der Waals surface area contributed by atoms with Crippen LogP contribution in [0.15, 0.2) is 36.0 Å². The van der Waals surface area contributed by atoms with Gasteiger partial charge in [0.15, 0.2) is 0 Å². The second-order valence-corrected chi connectivity index (χ2v) is 7.97. The van der Waals surface area contributed by atoms with E-state index in [-0.39, 0.29) is 0 Å². The minimum Gasteiger partial charge on any atom is -0.314 e. The molecule has 0 amide bonds. The smallest absolute Gasteiger partial charge is 0.0398 e. The molecule has 1 saturated heterocycles. The molecule has 0 bridgehead atoms. The Balaban J connectivity index is 1.65. The summed E-state index contributed by atoms with van der Waals surface area (Å²) < 4.78 is 0. The van der Waals surface area contributed by atoms with E-state index in [1.54, 1.807) is 0 Å². The fourth-order valence-corrected chi connectivity index (χ4v) is 5.23. The Morgan fingerprint density at radius 3 is 2.81 bits per heavy atom. The van der Waals surface area contributed by atoms with Crippen LogP contribution in [0.1, 0.15) is 26.7 Å². The zero-order chi connectivity index (χ0) is 14.7. The molecule has 0 aromatic rings. The van der Waals surface area contributed by atoms with Crippen LogP contribution in [0, 0.1) is 5.92 Å². The second kappa shape index (κ2) is 7.17. The highest BCUT2D eigenvalue weighted by molar-refractivity contribution is 8.00. The largest absolute Gasteiger partial charge is 0.314 e. The lowest BCUT2D eigenvalue weighted by atomic mass is 9.98. The normalized spacial score (nSPS) is 37.5.